The predicted octanol–water partition coefficient (Wildman–Crippen LogP) is 4.92. The van der Waals surface area contributed by atoms with Gasteiger partial charge in [-0.3, -0.25) is 0 Å². The van der Waals surface area contributed by atoms with Gasteiger partial charge in [0, 0.05) is 11.4 Å². The monoisotopic (exact) mass is 262 g/mol. The Labute approximate surface area is 118 Å². The van der Waals surface area contributed by atoms with Gasteiger partial charge < -0.3 is 11.5 Å². The molecule has 0 saturated heterocycles. The van der Waals surface area contributed by atoms with Gasteiger partial charge in [0.25, 0.3) is 0 Å². The number of rotatable bonds is 10. The molecule has 0 radical (unpaired) electrons. The maximum atomic E-state index is 5.95. The lowest BCUT2D eigenvalue weighted by Gasteiger charge is -2.06. The molecule has 0 bridgehead atoms. The Balaban J connectivity index is 2.01. The first-order chi connectivity index (χ1) is 9.24. The third-order valence-corrected chi connectivity index (χ3v) is 3.72. The van der Waals surface area contributed by atoms with Gasteiger partial charge >= 0.3 is 0 Å². The summed E-state index contributed by atoms with van der Waals surface area (Å²) in [4.78, 5) is 0. The van der Waals surface area contributed by atoms with Gasteiger partial charge in [-0.2, -0.15) is 0 Å². The van der Waals surface area contributed by atoms with Gasteiger partial charge in [0.2, 0.25) is 0 Å². The third-order valence-electron chi connectivity index (χ3n) is 3.72. The zero-order chi connectivity index (χ0) is 13.9. The van der Waals surface area contributed by atoms with Crippen molar-refractivity contribution in [1.29, 1.82) is 0 Å². The summed E-state index contributed by atoms with van der Waals surface area (Å²) in [6.07, 6.45) is 13.4. The van der Waals surface area contributed by atoms with Crippen LogP contribution in [0.3, 0.4) is 0 Å². The highest BCUT2D eigenvalue weighted by Crippen LogP contribution is 2.18. The zero-order valence-corrected chi connectivity index (χ0v) is 12.5. The average molecular weight is 262 g/mol. The van der Waals surface area contributed by atoms with Crippen LogP contribution in [0.4, 0.5) is 11.4 Å². The molecule has 108 valence electrons. The van der Waals surface area contributed by atoms with E-state index in [4.69, 9.17) is 11.5 Å². The van der Waals surface area contributed by atoms with E-state index >= 15 is 0 Å². The Hall–Kier alpha value is -1.18. The fourth-order valence-electron chi connectivity index (χ4n) is 2.47. The summed E-state index contributed by atoms with van der Waals surface area (Å²) in [5, 5.41) is 0. The van der Waals surface area contributed by atoms with Gasteiger partial charge in [0.15, 0.2) is 0 Å². The van der Waals surface area contributed by atoms with Crippen LogP contribution in [0.25, 0.3) is 0 Å². The van der Waals surface area contributed by atoms with Crippen LogP contribution in [0.15, 0.2) is 18.2 Å². The van der Waals surface area contributed by atoms with Crippen LogP contribution in [-0.4, -0.2) is 0 Å². The topological polar surface area (TPSA) is 52.0 Å². The van der Waals surface area contributed by atoms with Crippen LogP contribution in [0.2, 0.25) is 0 Å². The molecule has 0 aliphatic carbocycles. The highest BCUT2D eigenvalue weighted by Gasteiger charge is 1.99. The second-order valence-electron chi connectivity index (χ2n) is 5.54. The van der Waals surface area contributed by atoms with Crippen molar-refractivity contribution in [3.05, 3.63) is 23.8 Å². The van der Waals surface area contributed by atoms with Gasteiger partial charge in [-0.05, 0) is 30.5 Å². The molecule has 19 heavy (non-hydrogen) atoms. The number of hydrogen-bond acceptors (Lipinski definition) is 2. The average Bonchev–Trinajstić information content (AvgIpc) is 2.39. The van der Waals surface area contributed by atoms with E-state index in [2.05, 4.69) is 13.0 Å². The molecule has 0 amide bonds. The summed E-state index contributed by atoms with van der Waals surface area (Å²) < 4.78 is 0. The minimum absolute atomic E-state index is 0.758. The molecule has 1 rings (SSSR count). The largest absolute Gasteiger partial charge is 0.399 e. The lowest BCUT2D eigenvalue weighted by atomic mass is 10.0. The Morgan fingerprint density at radius 2 is 1.37 bits per heavy atom. The van der Waals surface area contributed by atoms with E-state index in [-0.39, 0.29) is 0 Å². The van der Waals surface area contributed by atoms with E-state index < -0.39 is 0 Å². The van der Waals surface area contributed by atoms with Crippen molar-refractivity contribution in [3.63, 3.8) is 0 Å². The van der Waals surface area contributed by atoms with E-state index in [1.54, 1.807) is 0 Å². The van der Waals surface area contributed by atoms with Gasteiger partial charge in [0.05, 0.1) is 0 Å². The van der Waals surface area contributed by atoms with E-state index in [9.17, 15) is 0 Å². The second-order valence-corrected chi connectivity index (χ2v) is 5.54. The minimum atomic E-state index is 0.758. The molecule has 0 aromatic heterocycles. The molecular formula is C17H30N2. The third kappa shape index (κ3) is 7.09. The second kappa shape index (κ2) is 9.71. The highest BCUT2D eigenvalue weighted by atomic mass is 14.6. The Kier molecular flexibility index (Phi) is 8.11. The maximum absolute atomic E-state index is 5.95. The van der Waals surface area contributed by atoms with Crippen molar-refractivity contribution >= 4 is 11.4 Å². The van der Waals surface area contributed by atoms with Gasteiger partial charge in [-0.15, -0.1) is 0 Å². The summed E-state index contributed by atoms with van der Waals surface area (Å²) in [5.41, 5.74) is 14.5. The number of aryl methyl sites for hydroxylation is 1. The molecule has 0 fully saturated rings. The molecule has 4 N–H and O–H groups in total. The lowest BCUT2D eigenvalue weighted by Crippen LogP contribution is -1.96. The Bertz CT molecular complexity index is 347. The van der Waals surface area contributed by atoms with E-state index in [1.807, 2.05) is 12.1 Å². The highest BCUT2D eigenvalue weighted by molar-refractivity contribution is 5.56. The fraction of sp³-hybridized carbons (Fsp3) is 0.647. The first-order valence-electron chi connectivity index (χ1n) is 7.88. The standard InChI is InChI=1S/C17H30N2/c1-2-3-4-5-6-7-8-9-10-11-15-12-13-16(18)14-17(15)19/h12-14H,2-11,18-19H2,1H3. The summed E-state index contributed by atoms with van der Waals surface area (Å²) in [5.74, 6) is 0. The molecule has 2 heteroatoms. The number of unbranched alkanes of at least 4 members (excludes halogenated alkanes) is 8. The summed E-state index contributed by atoms with van der Waals surface area (Å²) in [6, 6.07) is 5.87. The SMILES string of the molecule is CCCCCCCCCCCc1ccc(N)cc1N. The van der Waals surface area contributed by atoms with Crippen LogP contribution < -0.4 is 11.5 Å². The Morgan fingerprint density at radius 3 is 1.95 bits per heavy atom. The summed E-state index contributed by atoms with van der Waals surface area (Å²) in [7, 11) is 0. The molecule has 1 aromatic rings. The maximum Gasteiger partial charge on any atom is 0.0367 e. The Morgan fingerprint density at radius 1 is 0.789 bits per heavy atom. The van der Waals surface area contributed by atoms with E-state index in [0.717, 1.165) is 17.8 Å². The molecular weight excluding hydrogens is 232 g/mol. The first-order valence-corrected chi connectivity index (χ1v) is 7.88. The van der Waals surface area contributed by atoms with Gasteiger partial charge in [0.1, 0.15) is 0 Å². The molecule has 0 spiro atoms. The van der Waals surface area contributed by atoms with Crippen molar-refractivity contribution < 1.29 is 0 Å². The van der Waals surface area contributed by atoms with Crippen molar-refractivity contribution in [2.24, 2.45) is 0 Å². The predicted molar refractivity (Wildman–Crippen MR) is 86.2 cm³/mol. The number of nitrogen functional groups attached to an aromatic ring is 2. The molecule has 1 aromatic carbocycles. The van der Waals surface area contributed by atoms with Crippen LogP contribution in [0, 0.1) is 0 Å². The number of hydrogen-bond donors (Lipinski definition) is 2. The quantitative estimate of drug-likeness (QED) is 0.464. The van der Waals surface area contributed by atoms with Crippen LogP contribution in [0.1, 0.15) is 70.3 Å². The number of benzene rings is 1. The molecule has 0 aliphatic heterocycles. The normalized spacial score (nSPS) is 10.8. The molecule has 0 saturated carbocycles. The number of nitrogens with two attached hydrogens (primary N) is 2. The fourth-order valence-corrected chi connectivity index (χ4v) is 2.47. The molecule has 0 atom stereocenters. The van der Waals surface area contributed by atoms with Crippen LogP contribution in [-0.2, 0) is 6.42 Å². The molecule has 0 aliphatic rings. The van der Waals surface area contributed by atoms with E-state index in [1.165, 1.54) is 63.4 Å². The van der Waals surface area contributed by atoms with E-state index in [0.29, 0.717) is 0 Å². The van der Waals surface area contributed by atoms with Gasteiger partial charge in [-0.25, -0.2) is 0 Å². The van der Waals surface area contributed by atoms with Crippen molar-refractivity contribution in [2.45, 2.75) is 71.1 Å². The van der Waals surface area contributed by atoms with Crippen LogP contribution in [0.5, 0.6) is 0 Å². The summed E-state index contributed by atoms with van der Waals surface area (Å²) in [6.45, 7) is 2.27. The molecule has 0 unspecified atom stereocenters. The van der Waals surface area contributed by atoms with Crippen molar-refractivity contribution in [1.82, 2.24) is 0 Å². The van der Waals surface area contributed by atoms with Crippen LogP contribution >= 0.6 is 0 Å². The lowest BCUT2D eigenvalue weighted by molar-refractivity contribution is 0.565. The van der Waals surface area contributed by atoms with Crippen molar-refractivity contribution in [3.8, 4) is 0 Å². The number of anilines is 2. The molecule has 0 heterocycles. The zero-order valence-electron chi connectivity index (χ0n) is 12.5. The molecule has 2 nitrogen and oxygen atoms in total. The van der Waals surface area contributed by atoms with Gasteiger partial charge in [-0.1, -0.05) is 64.4 Å². The van der Waals surface area contributed by atoms with Crippen molar-refractivity contribution in [2.75, 3.05) is 11.5 Å². The minimum Gasteiger partial charge on any atom is -0.399 e. The smallest absolute Gasteiger partial charge is 0.0367 e. The first kappa shape index (κ1) is 15.9. The summed E-state index contributed by atoms with van der Waals surface area (Å²) >= 11 is 0.